The zero-order valence-electron chi connectivity index (χ0n) is 17.4. The minimum absolute atomic E-state index is 0.335. The number of anilines is 2. The molecule has 0 unspecified atom stereocenters. The van der Waals surface area contributed by atoms with E-state index in [-0.39, 0.29) is 11.6 Å². The van der Waals surface area contributed by atoms with E-state index in [4.69, 9.17) is 4.74 Å². The number of carbonyl (C=O) groups is 2. The molecule has 0 saturated carbocycles. The molecule has 0 aliphatic carbocycles. The Bertz CT molecular complexity index is 1290. The van der Waals surface area contributed by atoms with Gasteiger partial charge in [-0.25, -0.2) is 0 Å². The Morgan fingerprint density at radius 3 is 1.39 bits per heavy atom. The fourth-order valence-corrected chi connectivity index (χ4v) is 4.43. The van der Waals surface area contributed by atoms with Crippen LogP contribution in [0.1, 0.15) is 32.1 Å². The largest absolute Gasteiger partial charge is 0.345 e. The lowest BCUT2D eigenvalue weighted by Gasteiger charge is -2.37. The van der Waals surface area contributed by atoms with Crippen LogP contribution >= 0.6 is 0 Å². The molecule has 4 aromatic rings. The fourth-order valence-electron chi connectivity index (χ4n) is 4.43. The third kappa shape index (κ3) is 2.73. The van der Waals surface area contributed by atoms with Gasteiger partial charge in [-0.2, -0.15) is 0 Å². The van der Waals surface area contributed by atoms with Crippen molar-refractivity contribution in [3.05, 3.63) is 120 Å². The molecule has 33 heavy (non-hydrogen) atoms. The number of hydrogen-bond donors (Lipinski definition) is 2. The van der Waals surface area contributed by atoms with E-state index in [9.17, 15) is 9.59 Å². The number of hydrogen-bond acceptors (Lipinski definition) is 7. The van der Waals surface area contributed by atoms with E-state index in [0.717, 1.165) is 0 Å². The molecule has 0 saturated heterocycles. The summed E-state index contributed by atoms with van der Waals surface area (Å²) in [5.41, 5.74) is -0.677. The number of nitrogens with zero attached hydrogens (tertiary/aromatic N) is 2. The normalized spacial score (nSPS) is 22.9. The first-order chi connectivity index (χ1) is 16.1. The number of nitrogens with one attached hydrogen (secondary N) is 2. The fraction of sp³-hybridized carbons (Fsp3) is 0.0769. The summed E-state index contributed by atoms with van der Waals surface area (Å²) in [6.07, 6.45) is 3.18. The van der Waals surface area contributed by atoms with Crippen LogP contribution in [0.3, 0.4) is 0 Å². The second kappa shape index (κ2) is 7.08. The summed E-state index contributed by atoms with van der Waals surface area (Å²) in [6, 6.07) is 24.8. The van der Waals surface area contributed by atoms with Crippen molar-refractivity contribution in [2.45, 2.75) is 11.4 Å². The van der Waals surface area contributed by atoms with Crippen molar-refractivity contribution in [2.75, 3.05) is 10.6 Å². The summed E-state index contributed by atoms with van der Waals surface area (Å²) in [6.45, 7) is 0. The second-order valence-corrected chi connectivity index (χ2v) is 7.89. The predicted octanol–water partition coefficient (Wildman–Crippen LogP) is 4.12. The molecule has 2 aliphatic rings. The van der Waals surface area contributed by atoms with Crippen LogP contribution in [0, 0.1) is 0 Å². The molecule has 0 radical (unpaired) electrons. The third-order valence-corrected chi connectivity index (χ3v) is 5.96. The number of Topliss-reactive ketones (excluding diaryl/α,β-unsaturated/α-hetero) is 2. The molecule has 0 amide bonds. The molecule has 0 bridgehead atoms. The highest BCUT2D eigenvalue weighted by atomic mass is 16.6. The zero-order valence-corrected chi connectivity index (χ0v) is 17.4. The molecule has 0 fully saturated rings. The first-order valence-electron chi connectivity index (χ1n) is 10.5. The molecular weight excluding hydrogens is 416 g/mol. The van der Waals surface area contributed by atoms with Crippen molar-refractivity contribution < 1.29 is 14.3 Å². The standard InChI is InChI=1S/C26H18N4O3/c31-23-17-9-1-3-11-19(17)29-25(23,21-13-5-7-15-27-21)33-26(22-14-6-8-16-28-22)24(32)18-10-2-4-12-20(18)30-26/h1-16,29-30H/t25-,26-/m0/s1. The van der Waals surface area contributed by atoms with Crippen molar-refractivity contribution >= 4 is 22.9 Å². The van der Waals surface area contributed by atoms with Crippen molar-refractivity contribution in [1.82, 2.24) is 9.97 Å². The number of carbonyl (C=O) groups excluding carboxylic acids is 2. The van der Waals surface area contributed by atoms with Crippen LogP contribution in [0.4, 0.5) is 11.4 Å². The van der Waals surface area contributed by atoms with Crippen molar-refractivity contribution in [2.24, 2.45) is 0 Å². The molecule has 0 spiro atoms. The van der Waals surface area contributed by atoms with Crippen LogP contribution in [0.5, 0.6) is 0 Å². The Morgan fingerprint density at radius 2 is 1.00 bits per heavy atom. The SMILES string of the molecule is O=C1c2ccccc2N[C@]1(O[C@]1(c2ccccn2)Nc2ccccc2C1=O)c1ccccn1. The highest BCUT2D eigenvalue weighted by Gasteiger charge is 2.60. The van der Waals surface area contributed by atoms with Gasteiger partial charge in [-0.1, -0.05) is 36.4 Å². The Balaban J connectivity index is 1.57. The Kier molecular flexibility index (Phi) is 4.15. The lowest BCUT2D eigenvalue weighted by molar-refractivity contribution is -0.0941. The lowest BCUT2D eigenvalue weighted by Crippen LogP contribution is -2.54. The van der Waals surface area contributed by atoms with Gasteiger partial charge in [-0.15, -0.1) is 0 Å². The van der Waals surface area contributed by atoms with Gasteiger partial charge in [0.2, 0.25) is 23.0 Å². The zero-order chi connectivity index (χ0) is 22.5. The summed E-state index contributed by atoms with van der Waals surface area (Å²) in [4.78, 5) is 36.6. The van der Waals surface area contributed by atoms with Gasteiger partial charge in [0.25, 0.3) is 0 Å². The van der Waals surface area contributed by atoms with Crippen LogP contribution < -0.4 is 10.6 Å². The summed E-state index contributed by atoms with van der Waals surface area (Å²) in [7, 11) is 0. The van der Waals surface area contributed by atoms with Gasteiger partial charge >= 0.3 is 0 Å². The molecule has 4 heterocycles. The molecule has 7 nitrogen and oxygen atoms in total. The molecular formula is C26H18N4O3. The second-order valence-electron chi connectivity index (χ2n) is 7.89. The first-order valence-corrected chi connectivity index (χ1v) is 10.5. The summed E-state index contributed by atoms with van der Waals surface area (Å²) in [5.74, 6) is -0.671. The lowest BCUT2D eigenvalue weighted by atomic mass is 9.97. The van der Waals surface area contributed by atoms with Crippen molar-refractivity contribution in [3.8, 4) is 0 Å². The smallest absolute Gasteiger partial charge is 0.250 e. The van der Waals surface area contributed by atoms with Gasteiger partial charge in [-0.05, 0) is 48.5 Å². The number of fused-ring (bicyclic) bond motifs is 2. The number of ether oxygens (including phenoxy) is 1. The van der Waals surface area contributed by atoms with E-state index in [1.54, 1.807) is 85.2 Å². The van der Waals surface area contributed by atoms with Crippen LogP contribution in [0.15, 0.2) is 97.3 Å². The number of benzene rings is 2. The molecule has 160 valence electrons. The van der Waals surface area contributed by atoms with Gasteiger partial charge in [0.05, 0.1) is 0 Å². The van der Waals surface area contributed by atoms with Crippen molar-refractivity contribution in [1.29, 1.82) is 0 Å². The van der Waals surface area contributed by atoms with Crippen LogP contribution in [0.25, 0.3) is 0 Å². The molecule has 2 N–H and O–H groups in total. The van der Waals surface area contributed by atoms with Gasteiger partial charge in [0, 0.05) is 34.9 Å². The Hall–Kier alpha value is -4.36. The first kappa shape index (κ1) is 19.3. The number of para-hydroxylation sites is 2. The molecule has 7 heteroatoms. The van der Waals surface area contributed by atoms with Gasteiger partial charge in [-0.3, -0.25) is 19.6 Å². The quantitative estimate of drug-likeness (QED) is 0.499. The van der Waals surface area contributed by atoms with Gasteiger partial charge in [0.15, 0.2) is 0 Å². The van der Waals surface area contributed by atoms with Crippen LogP contribution in [-0.4, -0.2) is 21.5 Å². The molecule has 2 aliphatic heterocycles. The van der Waals surface area contributed by atoms with Crippen LogP contribution in [-0.2, 0) is 16.2 Å². The van der Waals surface area contributed by atoms with E-state index in [1.165, 1.54) is 0 Å². The van der Waals surface area contributed by atoms with Crippen LogP contribution in [0.2, 0.25) is 0 Å². The van der Waals surface area contributed by atoms with Gasteiger partial charge < -0.3 is 15.4 Å². The number of rotatable bonds is 4. The maximum absolute atomic E-state index is 13.9. The topological polar surface area (TPSA) is 93.2 Å². The molecule has 6 rings (SSSR count). The maximum Gasteiger partial charge on any atom is 0.250 e. The Morgan fingerprint density at radius 1 is 0.576 bits per heavy atom. The number of ketones is 2. The highest BCUT2D eigenvalue weighted by molar-refractivity contribution is 6.15. The average molecular weight is 434 g/mol. The minimum Gasteiger partial charge on any atom is -0.345 e. The molecule has 2 aromatic carbocycles. The predicted molar refractivity (Wildman–Crippen MR) is 122 cm³/mol. The average Bonchev–Trinajstić information content (AvgIpc) is 3.33. The minimum atomic E-state index is -1.74. The molecule has 2 aromatic heterocycles. The van der Waals surface area contributed by atoms with E-state index in [2.05, 4.69) is 20.6 Å². The third-order valence-electron chi connectivity index (χ3n) is 5.96. The molecule has 2 atom stereocenters. The van der Waals surface area contributed by atoms with E-state index >= 15 is 0 Å². The van der Waals surface area contributed by atoms with E-state index < -0.39 is 11.4 Å². The summed E-state index contributed by atoms with van der Waals surface area (Å²) < 4.78 is 6.66. The monoisotopic (exact) mass is 434 g/mol. The van der Waals surface area contributed by atoms with Gasteiger partial charge in [0.1, 0.15) is 11.4 Å². The number of aromatic nitrogens is 2. The number of pyridine rings is 2. The maximum atomic E-state index is 13.9. The Labute approximate surface area is 189 Å². The summed E-state index contributed by atoms with van der Waals surface area (Å²) >= 11 is 0. The van der Waals surface area contributed by atoms with E-state index in [0.29, 0.717) is 33.9 Å². The summed E-state index contributed by atoms with van der Waals surface area (Å²) in [5, 5.41) is 6.46. The van der Waals surface area contributed by atoms with E-state index in [1.807, 2.05) is 12.1 Å². The highest BCUT2D eigenvalue weighted by Crippen LogP contribution is 2.48. The van der Waals surface area contributed by atoms with Crippen molar-refractivity contribution in [3.63, 3.8) is 0 Å².